The average Bonchev–Trinajstić information content (AvgIpc) is 2.64. The molecule has 1 unspecified atom stereocenters. The van der Waals surface area contributed by atoms with Crippen LogP contribution in [0.1, 0.15) is 27.2 Å². The molecule has 80 valence electrons. The fourth-order valence-corrected chi connectivity index (χ4v) is 1.77. The van der Waals surface area contributed by atoms with Crippen molar-refractivity contribution in [3.63, 3.8) is 0 Å². The van der Waals surface area contributed by atoms with Crippen LogP contribution in [0.25, 0.3) is 0 Å². The lowest BCUT2D eigenvalue weighted by atomic mass is 10.2. The van der Waals surface area contributed by atoms with E-state index in [9.17, 15) is 4.79 Å². The Morgan fingerprint density at radius 3 is 2.93 bits per heavy atom. The highest BCUT2D eigenvalue weighted by Gasteiger charge is 2.25. The Kier molecular flexibility index (Phi) is 4.14. The van der Waals surface area contributed by atoms with Gasteiger partial charge in [-0.2, -0.15) is 0 Å². The molecule has 1 atom stereocenters. The van der Waals surface area contributed by atoms with Crippen molar-refractivity contribution in [1.29, 1.82) is 0 Å². The van der Waals surface area contributed by atoms with Gasteiger partial charge in [0.25, 0.3) is 0 Å². The minimum atomic E-state index is 0.188. The molecule has 1 aliphatic rings. The number of nitrogens with zero attached hydrogens (tertiary/aromatic N) is 1. The van der Waals surface area contributed by atoms with Gasteiger partial charge in [0.1, 0.15) is 0 Å². The molecule has 1 rings (SSSR count). The van der Waals surface area contributed by atoms with Crippen LogP contribution in [0.15, 0.2) is 11.6 Å². The third-order valence-corrected chi connectivity index (χ3v) is 2.74. The van der Waals surface area contributed by atoms with Gasteiger partial charge in [0, 0.05) is 24.7 Å². The lowest BCUT2D eigenvalue weighted by Crippen LogP contribution is -2.35. The Morgan fingerprint density at radius 2 is 2.36 bits per heavy atom. The van der Waals surface area contributed by atoms with E-state index in [2.05, 4.69) is 12.2 Å². The number of amides is 1. The second-order valence-corrected chi connectivity index (χ2v) is 3.77. The summed E-state index contributed by atoms with van der Waals surface area (Å²) in [4.78, 5) is 13.7. The van der Waals surface area contributed by atoms with Crippen LogP contribution in [-0.4, -0.2) is 36.5 Å². The molecule has 1 amide bonds. The topological polar surface area (TPSA) is 32.3 Å². The standard InChI is InChI=1S/C11H20N2O/c1-4-9(3)11(14)13-7-6-10(8-13)12-5-2/h4,10,12H,5-8H2,1-3H3/b9-4+. The first kappa shape index (κ1) is 11.2. The Balaban J connectivity index is 2.46. The minimum Gasteiger partial charge on any atom is -0.337 e. The van der Waals surface area contributed by atoms with Gasteiger partial charge in [0.15, 0.2) is 0 Å². The zero-order chi connectivity index (χ0) is 10.6. The number of hydrogen-bond donors (Lipinski definition) is 1. The molecule has 3 nitrogen and oxygen atoms in total. The lowest BCUT2D eigenvalue weighted by molar-refractivity contribution is -0.126. The first-order valence-electron chi connectivity index (χ1n) is 5.34. The molecule has 0 aromatic carbocycles. The largest absolute Gasteiger partial charge is 0.337 e. The highest BCUT2D eigenvalue weighted by molar-refractivity contribution is 5.92. The van der Waals surface area contributed by atoms with E-state index in [1.54, 1.807) is 0 Å². The van der Waals surface area contributed by atoms with E-state index >= 15 is 0 Å². The number of allylic oxidation sites excluding steroid dienone is 1. The van der Waals surface area contributed by atoms with Gasteiger partial charge in [0.2, 0.25) is 5.91 Å². The smallest absolute Gasteiger partial charge is 0.249 e. The van der Waals surface area contributed by atoms with Crippen molar-refractivity contribution in [3.05, 3.63) is 11.6 Å². The average molecular weight is 196 g/mol. The normalized spacial score (nSPS) is 22.9. The lowest BCUT2D eigenvalue weighted by Gasteiger charge is -2.16. The molecule has 0 spiro atoms. The molecular weight excluding hydrogens is 176 g/mol. The van der Waals surface area contributed by atoms with Crippen LogP contribution >= 0.6 is 0 Å². The summed E-state index contributed by atoms with van der Waals surface area (Å²) >= 11 is 0. The number of nitrogens with one attached hydrogen (secondary N) is 1. The number of rotatable bonds is 3. The van der Waals surface area contributed by atoms with Crippen molar-refractivity contribution in [2.45, 2.75) is 33.2 Å². The van der Waals surface area contributed by atoms with Crippen molar-refractivity contribution in [3.8, 4) is 0 Å². The quantitative estimate of drug-likeness (QED) is 0.687. The van der Waals surface area contributed by atoms with Gasteiger partial charge >= 0.3 is 0 Å². The van der Waals surface area contributed by atoms with Crippen LogP contribution in [0.4, 0.5) is 0 Å². The summed E-state index contributed by atoms with van der Waals surface area (Å²) in [6.45, 7) is 8.62. The van der Waals surface area contributed by atoms with Crippen molar-refractivity contribution in [2.24, 2.45) is 0 Å². The minimum absolute atomic E-state index is 0.188. The van der Waals surface area contributed by atoms with Gasteiger partial charge in [-0.1, -0.05) is 13.0 Å². The molecule has 0 radical (unpaired) electrons. The predicted octanol–water partition coefficient (Wildman–Crippen LogP) is 1.16. The summed E-state index contributed by atoms with van der Waals surface area (Å²) in [6, 6.07) is 0.494. The van der Waals surface area contributed by atoms with Crippen LogP contribution in [0.2, 0.25) is 0 Å². The molecule has 0 aliphatic carbocycles. The summed E-state index contributed by atoms with van der Waals surface area (Å²) in [7, 11) is 0. The molecule has 1 aliphatic heterocycles. The van der Waals surface area contributed by atoms with Crippen molar-refractivity contribution in [1.82, 2.24) is 10.2 Å². The fourth-order valence-electron chi connectivity index (χ4n) is 1.77. The van der Waals surface area contributed by atoms with Crippen LogP contribution in [0.3, 0.4) is 0 Å². The van der Waals surface area contributed by atoms with E-state index in [-0.39, 0.29) is 5.91 Å². The summed E-state index contributed by atoms with van der Waals surface area (Å²) in [6.07, 6.45) is 2.96. The second-order valence-electron chi connectivity index (χ2n) is 3.77. The van der Waals surface area contributed by atoms with E-state index in [1.807, 2.05) is 24.8 Å². The van der Waals surface area contributed by atoms with Gasteiger partial charge in [-0.25, -0.2) is 0 Å². The predicted molar refractivity (Wildman–Crippen MR) is 58.1 cm³/mol. The molecule has 1 saturated heterocycles. The molecular formula is C11H20N2O. The third kappa shape index (κ3) is 2.58. The monoisotopic (exact) mass is 196 g/mol. The van der Waals surface area contributed by atoms with E-state index in [0.717, 1.165) is 31.6 Å². The van der Waals surface area contributed by atoms with Crippen molar-refractivity contribution < 1.29 is 4.79 Å². The second kappa shape index (κ2) is 5.15. The SMILES string of the molecule is C/C=C(\C)C(=O)N1CCC(NCC)C1. The third-order valence-electron chi connectivity index (χ3n) is 2.74. The maximum Gasteiger partial charge on any atom is 0.249 e. The number of carbonyl (C=O) groups excluding carboxylic acids is 1. The van der Waals surface area contributed by atoms with E-state index < -0.39 is 0 Å². The number of likely N-dealkylation sites (N-methyl/N-ethyl adjacent to an activating group) is 1. The Bertz CT molecular complexity index is 235. The Hall–Kier alpha value is -0.830. The van der Waals surface area contributed by atoms with Gasteiger partial charge in [-0.3, -0.25) is 4.79 Å². The van der Waals surface area contributed by atoms with Crippen LogP contribution in [-0.2, 0) is 4.79 Å². The Morgan fingerprint density at radius 1 is 1.64 bits per heavy atom. The molecule has 0 bridgehead atoms. The van der Waals surface area contributed by atoms with E-state index in [1.165, 1.54) is 0 Å². The highest BCUT2D eigenvalue weighted by Crippen LogP contribution is 2.12. The van der Waals surface area contributed by atoms with Gasteiger partial charge < -0.3 is 10.2 Å². The molecule has 14 heavy (non-hydrogen) atoms. The van der Waals surface area contributed by atoms with Crippen LogP contribution in [0, 0.1) is 0 Å². The molecule has 3 heteroatoms. The van der Waals surface area contributed by atoms with Crippen LogP contribution < -0.4 is 5.32 Å². The Labute approximate surface area is 86.2 Å². The molecule has 0 saturated carbocycles. The van der Waals surface area contributed by atoms with Gasteiger partial charge in [-0.15, -0.1) is 0 Å². The first-order valence-corrected chi connectivity index (χ1v) is 5.34. The van der Waals surface area contributed by atoms with Crippen molar-refractivity contribution in [2.75, 3.05) is 19.6 Å². The van der Waals surface area contributed by atoms with Crippen molar-refractivity contribution >= 4 is 5.91 Å². The van der Waals surface area contributed by atoms with E-state index in [0.29, 0.717) is 6.04 Å². The first-order chi connectivity index (χ1) is 6.69. The molecule has 1 heterocycles. The molecule has 0 aromatic heterocycles. The van der Waals surface area contributed by atoms with Gasteiger partial charge in [0.05, 0.1) is 0 Å². The maximum atomic E-state index is 11.8. The van der Waals surface area contributed by atoms with Crippen LogP contribution in [0.5, 0.6) is 0 Å². The zero-order valence-corrected chi connectivity index (χ0v) is 9.34. The number of likely N-dealkylation sites (tertiary alicyclic amines) is 1. The summed E-state index contributed by atoms with van der Waals surface area (Å²) < 4.78 is 0. The number of carbonyl (C=O) groups is 1. The zero-order valence-electron chi connectivity index (χ0n) is 9.34. The maximum absolute atomic E-state index is 11.8. The molecule has 1 N–H and O–H groups in total. The fraction of sp³-hybridized carbons (Fsp3) is 0.727. The summed E-state index contributed by atoms with van der Waals surface area (Å²) in [5.41, 5.74) is 0.849. The highest BCUT2D eigenvalue weighted by atomic mass is 16.2. The summed E-state index contributed by atoms with van der Waals surface area (Å²) in [5, 5.41) is 3.37. The van der Waals surface area contributed by atoms with Gasteiger partial charge in [-0.05, 0) is 26.8 Å². The number of hydrogen-bond acceptors (Lipinski definition) is 2. The molecule has 0 aromatic rings. The van der Waals surface area contributed by atoms with E-state index in [4.69, 9.17) is 0 Å². The molecule has 1 fully saturated rings. The summed E-state index contributed by atoms with van der Waals surface area (Å²) in [5.74, 6) is 0.188.